The molecule has 0 radical (unpaired) electrons. The van der Waals surface area contributed by atoms with E-state index in [4.69, 9.17) is 0 Å². The zero-order valence-corrected chi connectivity index (χ0v) is 15.5. The Hall–Kier alpha value is -3.22. The molecule has 0 aliphatic carbocycles. The number of aromatic nitrogens is 3. The standard InChI is InChI=1S/C21H22FN5O/c22-16-6-4-15(5-7-16)14-19-20(28)24-21(26-25-19)23-17-8-10-18(11-9-17)27-12-2-1-3-13-27/h4-11H,1-3,12-14H2,(H2,23,24,26,28). The second-order valence-electron chi connectivity index (χ2n) is 6.97. The fraction of sp³-hybridized carbons (Fsp3) is 0.286. The molecule has 6 nitrogen and oxygen atoms in total. The lowest BCUT2D eigenvalue weighted by Gasteiger charge is -2.28. The second kappa shape index (κ2) is 8.21. The first-order valence-electron chi connectivity index (χ1n) is 9.50. The van der Waals surface area contributed by atoms with Crippen LogP contribution in [0.15, 0.2) is 53.3 Å². The maximum absolute atomic E-state index is 13.0. The van der Waals surface area contributed by atoms with Crippen LogP contribution >= 0.6 is 0 Å². The third-order valence-corrected chi connectivity index (χ3v) is 4.90. The van der Waals surface area contributed by atoms with Gasteiger partial charge in [-0.3, -0.25) is 9.78 Å². The summed E-state index contributed by atoms with van der Waals surface area (Å²) in [6.07, 6.45) is 4.08. The molecule has 0 bridgehead atoms. The number of nitrogens with zero attached hydrogens (tertiary/aromatic N) is 3. The van der Waals surface area contributed by atoms with Gasteiger partial charge in [0, 0.05) is 30.9 Å². The molecule has 0 saturated carbocycles. The molecule has 1 fully saturated rings. The Morgan fingerprint density at radius 3 is 2.36 bits per heavy atom. The highest BCUT2D eigenvalue weighted by molar-refractivity contribution is 5.59. The molecule has 0 spiro atoms. The summed E-state index contributed by atoms with van der Waals surface area (Å²) in [6, 6.07) is 14.1. The fourth-order valence-corrected chi connectivity index (χ4v) is 3.37. The molecule has 0 amide bonds. The molecule has 1 aliphatic heterocycles. The third kappa shape index (κ3) is 4.36. The molecule has 1 aliphatic rings. The molecular formula is C21H22FN5O. The van der Waals surface area contributed by atoms with Crippen LogP contribution in [0, 0.1) is 5.82 Å². The van der Waals surface area contributed by atoms with E-state index in [1.807, 2.05) is 12.1 Å². The average Bonchev–Trinajstić information content (AvgIpc) is 2.73. The van der Waals surface area contributed by atoms with Crippen LogP contribution in [0.4, 0.5) is 21.7 Å². The first-order chi connectivity index (χ1) is 13.7. The maximum Gasteiger partial charge on any atom is 0.274 e. The molecule has 28 heavy (non-hydrogen) atoms. The number of H-pyrrole nitrogens is 1. The van der Waals surface area contributed by atoms with Crippen molar-refractivity contribution >= 4 is 17.3 Å². The van der Waals surface area contributed by atoms with Crippen LogP contribution in [0.1, 0.15) is 30.5 Å². The van der Waals surface area contributed by atoms with Gasteiger partial charge in [-0.25, -0.2) is 4.39 Å². The zero-order valence-electron chi connectivity index (χ0n) is 15.5. The van der Waals surface area contributed by atoms with Crippen molar-refractivity contribution < 1.29 is 4.39 Å². The lowest BCUT2D eigenvalue weighted by Crippen LogP contribution is -2.29. The van der Waals surface area contributed by atoms with Gasteiger partial charge in [0.05, 0.1) is 0 Å². The SMILES string of the molecule is O=c1[nH]c(Nc2ccc(N3CCCCC3)cc2)nnc1Cc1ccc(F)cc1. The van der Waals surface area contributed by atoms with E-state index < -0.39 is 0 Å². The minimum absolute atomic E-state index is 0.289. The fourth-order valence-electron chi connectivity index (χ4n) is 3.37. The van der Waals surface area contributed by atoms with E-state index in [1.54, 1.807) is 12.1 Å². The van der Waals surface area contributed by atoms with E-state index in [9.17, 15) is 9.18 Å². The van der Waals surface area contributed by atoms with Crippen LogP contribution in [0.5, 0.6) is 0 Å². The summed E-state index contributed by atoms with van der Waals surface area (Å²) >= 11 is 0. The summed E-state index contributed by atoms with van der Waals surface area (Å²) in [4.78, 5) is 17.4. The van der Waals surface area contributed by atoms with E-state index in [2.05, 4.69) is 37.5 Å². The van der Waals surface area contributed by atoms with E-state index in [0.29, 0.717) is 12.4 Å². The molecule has 0 atom stereocenters. The lowest BCUT2D eigenvalue weighted by molar-refractivity contribution is 0.578. The van der Waals surface area contributed by atoms with Crippen molar-refractivity contribution in [3.05, 3.63) is 76.0 Å². The molecule has 2 heterocycles. The molecule has 2 N–H and O–H groups in total. The first-order valence-corrected chi connectivity index (χ1v) is 9.50. The van der Waals surface area contributed by atoms with Crippen LogP contribution in [-0.4, -0.2) is 28.3 Å². The van der Waals surface area contributed by atoms with Crippen LogP contribution in [-0.2, 0) is 6.42 Å². The number of halogens is 1. The number of piperidine rings is 1. The van der Waals surface area contributed by atoms with Crippen molar-refractivity contribution in [1.29, 1.82) is 0 Å². The highest BCUT2D eigenvalue weighted by Gasteiger charge is 2.11. The number of nitrogens with one attached hydrogen (secondary N) is 2. The largest absolute Gasteiger partial charge is 0.372 e. The van der Waals surface area contributed by atoms with Gasteiger partial charge >= 0.3 is 0 Å². The monoisotopic (exact) mass is 379 g/mol. The number of anilines is 3. The molecule has 0 unspecified atom stereocenters. The normalized spacial score (nSPS) is 14.1. The van der Waals surface area contributed by atoms with E-state index in [0.717, 1.165) is 24.3 Å². The smallest absolute Gasteiger partial charge is 0.274 e. The summed E-state index contributed by atoms with van der Waals surface area (Å²) in [7, 11) is 0. The third-order valence-electron chi connectivity index (χ3n) is 4.90. The molecule has 1 saturated heterocycles. The van der Waals surface area contributed by atoms with Gasteiger partial charge in [0.15, 0.2) is 0 Å². The van der Waals surface area contributed by atoms with Crippen LogP contribution < -0.4 is 15.8 Å². The molecule has 7 heteroatoms. The predicted octanol–water partition coefficient (Wildman–Crippen LogP) is 3.63. The Balaban J connectivity index is 1.42. The quantitative estimate of drug-likeness (QED) is 0.708. The highest BCUT2D eigenvalue weighted by Crippen LogP contribution is 2.22. The average molecular weight is 379 g/mol. The van der Waals surface area contributed by atoms with Gasteiger partial charge in [-0.2, -0.15) is 0 Å². The molecule has 4 rings (SSSR count). The van der Waals surface area contributed by atoms with Gasteiger partial charge in [-0.1, -0.05) is 12.1 Å². The molecule has 2 aromatic carbocycles. The van der Waals surface area contributed by atoms with Crippen molar-refractivity contribution in [3.8, 4) is 0 Å². The number of hydrogen-bond acceptors (Lipinski definition) is 5. The van der Waals surface area contributed by atoms with Crippen molar-refractivity contribution in [2.24, 2.45) is 0 Å². The van der Waals surface area contributed by atoms with Crippen LogP contribution in [0.3, 0.4) is 0 Å². The Labute approximate surface area is 162 Å². The van der Waals surface area contributed by atoms with E-state index in [1.165, 1.54) is 37.1 Å². The minimum atomic E-state index is -0.313. The summed E-state index contributed by atoms with van der Waals surface area (Å²) < 4.78 is 13.0. The maximum atomic E-state index is 13.0. The number of benzene rings is 2. The van der Waals surface area contributed by atoms with Gasteiger partial charge < -0.3 is 10.2 Å². The first kappa shape index (κ1) is 18.2. The van der Waals surface area contributed by atoms with Crippen molar-refractivity contribution in [1.82, 2.24) is 15.2 Å². The summed E-state index contributed by atoms with van der Waals surface area (Å²) in [5.41, 5.74) is 2.82. The van der Waals surface area contributed by atoms with Gasteiger partial charge in [0.25, 0.3) is 5.56 Å². The van der Waals surface area contributed by atoms with Crippen LogP contribution in [0.2, 0.25) is 0 Å². The van der Waals surface area contributed by atoms with E-state index >= 15 is 0 Å². The van der Waals surface area contributed by atoms with E-state index in [-0.39, 0.29) is 17.1 Å². The summed E-state index contributed by atoms with van der Waals surface area (Å²) in [5.74, 6) is -0.0202. The van der Waals surface area contributed by atoms with Gasteiger partial charge in [-0.15, -0.1) is 10.2 Å². The Morgan fingerprint density at radius 2 is 1.68 bits per heavy atom. The van der Waals surface area contributed by atoms with Crippen molar-refractivity contribution in [2.45, 2.75) is 25.7 Å². The topological polar surface area (TPSA) is 73.9 Å². The van der Waals surface area contributed by atoms with Gasteiger partial charge in [-0.05, 0) is 61.2 Å². The molecular weight excluding hydrogens is 357 g/mol. The Bertz CT molecular complexity index is 979. The van der Waals surface area contributed by atoms with Gasteiger partial charge in [0.2, 0.25) is 5.95 Å². The zero-order chi connectivity index (χ0) is 19.3. The molecule has 1 aromatic heterocycles. The van der Waals surface area contributed by atoms with Crippen LogP contribution in [0.25, 0.3) is 0 Å². The van der Waals surface area contributed by atoms with Crippen molar-refractivity contribution in [3.63, 3.8) is 0 Å². The lowest BCUT2D eigenvalue weighted by atomic mass is 10.1. The Kier molecular flexibility index (Phi) is 5.32. The summed E-state index contributed by atoms with van der Waals surface area (Å²) in [6.45, 7) is 2.20. The number of aromatic amines is 1. The van der Waals surface area contributed by atoms with Gasteiger partial charge in [0.1, 0.15) is 11.5 Å². The molecule has 144 valence electrons. The predicted molar refractivity (Wildman–Crippen MR) is 108 cm³/mol. The minimum Gasteiger partial charge on any atom is -0.372 e. The van der Waals surface area contributed by atoms with Crippen molar-refractivity contribution in [2.75, 3.05) is 23.3 Å². The Morgan fingerprint density at radius 1 is 0.964 bits per heavy atom. The number of rotatable bonds is 5. The second-order valence-corrected chi connectivity index (χ2v) is 6.97. The molecule has 3 aromatic rings. The summed E-state index contributed by atoms with van der Waals surface area (Å²) in [5, 5.41) is 11.2. The number of hydrogen-bond donors (Lipinski definition) is 2. The highest BCUT2D eigenvalue weighted by atomic mass is 19.1.